The van der Waals surface area contributed by atoms with E-state index in [1.165, 1.54) is 48.3 Å². The number of nitrogens with one attached hydrogen (secondary N) is 1. The van der Waals surface area contributed by atoms with E-state index in [0.717, 1.165) is 0 Å². The van der Waals surface area contributed by atoms with Crippen molar-refractivity contribution in [2.75, 3.05) is 5.32 Å². The maximum Gasteiger partial charge on any atom is 0.292 e. The first kappa shape index (κ1) is 18.4. The van der Waals surface area contributed by atoms with Crippen LogP contribution < -0.4 is 10.9 Å². The van der Waals surface area contributed by atoms with Crippen LogP contribution in [0.25, 0.3) is 5.69 Å². The molecule has 1 aliphatic carbocycles. The zero-order chi connectivity index (χ0) is 19.5. The van der Waals surface area contributed by atoms with Gasteiger partial charge in [-0.2, -0.15) is 9.78 Å². The van der Waals surface area contributed by atoms with Crippen molar-refractivity contribution in [1.29, 1.82) is 0 Å². The normalized spacial score (nSPS) is 14.2. The summed E-state index contributed by atoms with van der Waals surface area (Å²) in [6.45, 7) is 0. The van der Waals surface area contributed by atoms with Crippen LogP contribution >= 0.6 is 11.6 Å². The smallest absolute Gasteiger partial charge is 0.292 e. The Morgan fingerprint density at radius 1 is 1.11 bits per heavy atom. The fourth-order valence-electron chi connectivity index (χ4n) is 3.53. The SMILES string of the molecule is O=C(Nc1cnn(-c2ccc(C3CCCC3)cc2)c(=O)c1Cl)c1ccccn1. The first-order valence-corrected chi connectivity index (χ1v) is 9.62. The highest BCUT2D eigenvalue weighted by Gasteiger charge is 2.18. The molecule has 0 spiro atoms. The maximum absolute atomic E-state index is 12.7. The van der Waals surface area contributed by atoms with Gasteiger partial charge in [0, 0.05) is 6.20 Å². The predicted octanol–water partition coefficient (Wildman–Crippen LogP) is 4.19. The Morgan fingerprint density at radius 3 is 2.54 bits per heavy atom. The van der Waals surface area contributed by atoms with Gasteiger partial charge in [0.2, 0.25) is 0 Å². The number of rotatable bonds is 4. The first-order valence-electron chi connectivity index (χ1n) is 9.24. The summed E-state index contributed by atoms with van der Waals surface area (Å²) in [5, 5.41) is 6.65. The zero-order valence-corrected chi connectivity index (χ0v) is 15.9. The van der Waals surface area contributed by atoms with Crippen LogP contribution in [0.4, 0.5) is 5.69 Å². The third-order valence-electron chi connectivity index (χ3n) is 5.03. The molecule has 0 radical (unpaired) electrons. The standard InChI is InChI=1S/C21H19ClN4O2/c22-19-18(25-20(27)17-7-3-4-12-23-17)13-24-26(21(19)28)16-10-8-15(9-11-16)14-5-1-2-6-14/h3-4,7-14H,1-2,5-6H2,(H,25,27). The number of pyridine rings is 1. The molecule has 2 heterocycles. The van der Waals surface area contributed by atoms with E-state index in [9.17, 15) is 9.59 Å². The van der Waals surface area contributed by atoms with E-state index >= 15 is 0 Å². The number of nitrogens with zero attached hydrogens (tertiary/aromatic N) is 3. The van der Waals surface area contributed by atoms with E-state index < -0.39 is 11.5 Å². The lowest BCUT2D eigenvalue weighted by molar-refractivity contribution is 0.102. The van der Waals surface area contributed by atoms with Gasteiger partial charge in [-0.1, -0.05) is 42.6 Å². The van der Waals surface area contributed by atoms with Crippen LogP contribution in [0.3, 0.4) is 0 Å². The molecule has 0 aliphatic heterocycles. The molecule has 0 bridgehead atoms. The number of anilines is 1. The molecule has 0 saturated heterocycles. The third kappa shape index (κ3) is 3.68. The van der Waals surface area contributed by atoms with Gasteiger partial charge in [-0.05, 0) is 48.6 Å². The number of aromatic nitrogens is 3. The van der Waals surface area contributed by atoms with Crippen molar-refractivity contribution in [1.82, 2.24) is 14.8 Å². The molecule has 1 fully saturated rings. The highest BCUT2D eigenvalue weighted by molar-refractivity contribution is 6.33. The summed E-state index contributed by atoms with van der Waals surface area (Å²) in [4.78, 5) is 28.9. The topological polar surface area (TPSA) is 76.9 Å². The molecule has 4 rings (SSSR count). The number of amides is 1. The van der Waals surface area contributed by atoms with Crippen molar-refractivity contribution in [2.24, 2.45) is 0 Å². The number of hydrogen-bond donors (Lipinski definition) is 1. The Bertz CT molecular complexity index is 1040. The van der Waals surface area contributed by atoms with Crippen LogP contribution in [-0.4, -0.2) is 20.7 Å². The van der Waals surface area contributed by atoms with Gasteiger partial charge in [0.15, 0.2) is 0 Å². The molecule has 1 N–H and O–H groups in total. The van der Waals surface area contributed by atoms with Gasteiger partial charge in [-0.15, -0.1) is 0 Å². The van der Waals surface area contributed by atoms with Gasteiger partial charge in [0.05, 0.1) is 17.6 Å². The third-order valence-corrected chi connectivity index (χ3v) is 5.39. The van der Waals surface area contributed by atoms with E-state index in [2.05, 4.69) is 15.4 Å². The second-order valence-electron chi connectivity index (χ2n) is 6.83. The molecular formula is C21H19ClN4O2. The van der Waals surface area contributed by atoms with E-state index in [-0.39, 0.29) is 16.4 Å². The van der Waals surface area contributed by atoms with E-state index in [1.54, 1.807) is 18.2 Å². The lowest BCUT2D eigenvalue weighted by Crippen LogP contribution is -2.24. The van der Waals surface area contributed by atoms with Crippen molar-refractivity contribution in [3.63, 3.8) is 0 Å². The van der Waals surface area contributed by atoms with Crippen LogP contribution in [0.15, 0.2) is 59.7 Å². The highest BCUT2D eigenvalue weighted by Crippen LogP contribution is 2.34. The van der Waals surface area contributed by atoms with E-state index in [1.807, 2.05) is 24.3 Å². The Balaban J connectivity index is 1.57. The number of carbonyl (C=O) groups is 1. The molecule has 0 unspecified atom stereocenters. The van der Waals surface area contributed by atoms with Crippen molar-refractivity contribution in [3.8, 4) is 5.69 Å². The molecule has 3 aromatic rings. The van der Waals surface area contributed by atoms with Crippen LogP contribution in [0, 0.1) is 0 Å². The summed E-state index contributed by atoms with van der Waals surface area (Å²) in [5.41, 5.74) is 1.82. The van der Waals surface area contributed by atoms with Gasteiger partial charge < -0.3 is 5.32 Å². The second-order valence-corrected chi connectivity index (χ2v) is 7.21. The fraction of sp³-hybridized carbons (Fsp3) is 0.238. The summed E-state index contributed by atoms with van der Waals surface area (Å²) >= 11 is 6.21. The minimum Gasteiger partial charge on any atom is -0.318 e. The monoisotopic (exact) mass is 394 g/mol. The molecule has 1 saturated carbocycles. The molecule has 142 valence electrons. The van der Waals surface area contributed by atoms with Gasteiger partial charge in [0.1, 0.15) is 10.7 Å². The number of benzene rings is 1. The van der Waals surface area contributed by atoms with Gasteiger partial charge in [-0.25, -0.2) is 0 Å². The molecule has 6 nitrogen and oxygen atoms in total. The predicted molar refractivity (Wildman–Crippen MR) is 108 cm³/mol. The Morgan fingerprint density at radius 2 is 1.86 bits per heavy atom. The van der Waals surface area contributed by atoms with Crippen molar-refractivity contribution in [2.45, 2.75) is 31.6 Å². The Kier molecular flexibility index (Phi) is 5.21. The van der Waals surface area contributed by atoms with Gasteiger partial charge in [0.25, 0.3) is 11.5 Å². The van der Waals surface area contributed by atoms with Gasteiger partial charge >= 0.3 is 0 Å². The lowest BCUT2D eigenvalue weighted by Gasteiger charge is -2.12. The van der Waals surface area contributed by atoms with Crippen LogP contribution in [0.1, 0.15) is 47.7 Å². The van der Waals surface area contributed by atoms with Crippen LogP contribution in [0.2, 0.25) is 5.02 Å². The average molecular weight is 395 g/mol. The Hall–Kier alpha value is -2.99. The number of hydrogen-bond acceptors (Lipinski definition) is 4. The van der Waals surface area contributed by atoms with Crippen molar-refractivity contribution >= 4 is 23.2 Å². The second kappa shape index (κ2) is 7.94. The summed E-state index contributed by atoms with van der Waals surface area (Å²) in [6, 6.07) is 12.8. The largest absolute Gasteiger partial charge is 0.318 e. The van der Waals surface area contributed by atoms with Crippen LogP contribution in [-0.2, 0) is 0 Å². The summed E-state index contributed by atoms with van der Waals surface area (Å²) in [6.07, 6.45) is 7.86. The highest BCUT2D eigenvalue weighted by atomic mass is 35.5. The first-order chi connectivity index (χ1) is 13.6. The fourth-order valence-corrected chi connectivity index (χ4v) is 3.71. The summed E-state index contributed by atoms with van der Waals surface area (Å²) in [7, 11) is 0. The molecule has 1 aromatic carbocycles. The van der Waals surface area contributed by atoms with Crippen LogP contribution in [0.5, 0.6) is 0 Å². The lowest BCUT2D eigenvalue weighted by atomic mass is 9.98. The Labute approximate surface area is 167 Å². The molecular weight excluding hydrogens is 376 g/mol. The quantitative estimate of drug-likeness (QED) is 0.719. The molecule has 2 aromatic heterocycles. The van der Waals surface area contributed by atoms with Crippen molar-refractivity contribution < 1.29 is 4.79 Å². The van der Waals surface area contributed by atoms with Gasteiger partial charge in [-0.3, -0.25) is 14.6 Å². The number of halogens is 1. The van der Waals surface area contributed by atoms with Crippen molar-refractivity contribution in [3.05, 3.63) is 81.5 Å². The molecule has 0 atom stereocenters. The average Bonchev–Trinajstić information content (AvgIpc) is 3.27. The minimum absolute atomic E-state index is 0.0980. The van der Waals surface area contributed by atoms with E-state index in [0.29, 0.717) is 11.6 Å². The molecule has 1 aliphatic rings. The maximum atomic E-state index is 12.7. The molecule has 7 heteroatoms. The minimum atomic E-state index is -0.492. The summed E-state index contributed by atoms with van der Waals surface area (Å²) < 4.78 is 1.23. The summed E-state index contributed by atoms with van der Waals surface area (Å²) in [5.74, 6) is 0.147. The molecule has 28 heavy (non-hydrogen) atoms. The zero-order valence-electron chi connectivity index (χ0n) is 15.1. The number of carbonyl (C=O) groups excluding carboxylic acids is 1. The molecule has 1 amide bonds. The van der Waals surface area contributed by atoms with E-state index in [4.69, 9.17) is 11.6 Å².